The number of benzene rings is 3. The molecule has 2 unspecified atom stereocenters. The van der Waals surface area contributed by atoms with Crippen molar-refractivity contribution in [3.05, 3.63) is 77.9 Å². The van der Waals surface area contributed by atoms with Gasteiger partial charge in [-0.05, 0) is 6.07 Å². The summed E-state index contributed by atoms with van der Waals surface area (Å²) in [7, 11) is 6.08. The number of carbonyl (C=O) groups is 1. The first-order chi connectivity index (χ1) is 18.9. The number of carbonyl (C=O) groups excluding carboxylic acids is 1. The summed E-state index contributed by atoms with van der Waals surface area (Å²) in [5.74, 6) is 2.69. The fraction of sp³-hybridized carbons (Fsp3) is 0.300. The molecule has 0 aliphatic rings. The zero-order chi connectivity index (χ0) is 28.2. The Balaban J connectivity index is 1.59. The number of aliphatic hydroxyl groups is 1. The normalized spacial score (nSPS) is 13.0. The van der Waals surface area contributed by atoms with Crippen LogP contribution in [0.1, 0.15) is 18.1 Å². The number of rotatable bonds is 14. The van der Waals surface area contributed by atoms with Crippen LogP contribution in [0.5, 0.6) is 28.7 Å². The molecule has 9 heteroatoms. The maximum atomic E-state index is 12.6. The van der Waals surface area contributed by atoms with E-state index in [1.807, 2.05) is 37.3 Å². The molecular weight excluding hydrogens is 563 g/mol. The summed E-state index contributed by atoms with van der Waals surface area (Å²) >= 11 is -0.285. The summed E-state index contributed by atoms with van der Waals surface area (Å²) in [6.07, 6.45) is 1.09. The quantitative estimate of drug-likeness (QED) is 0.124. The molecule has 39 heavy (non-hydrogen) atoms. The van der Waals surface area contributed by atoms with Gasteiger partial charge < -0.3 is 9.47 Å². The predicted molar refractivity (Wildman–Crippen MR) is 151 cm³/mol. The third-order valence-corrected chi connectivity index (χ3v) is 8.32. The second-order valence-electron chi connectivity index (χ2n) is 8.38. The Kier molecular flexibility index (Phi) is 11.6. The van der Waals surface area contributed by atoms with Crippen LogP contribution in [0.15, 0.2) is 66.7 Å². The first-order valence-electron chi connectivity index (χ1n) is 12.3. The van der Waals surface area contributed by atoms with Crippen molar-refractivity contribution in [2.24, 2.45) is 0 Å². The summed E-state index contributed by atoms with van der Waals surface area (Å²) < 4.78 is 32.8. The first-order valence-corrected chi connectivity index (χ1v) is 14.7. The topological polar surface area (TPSA) is 92.7 Å². The van der Waals surface area contributed by atoms with Gasteiger partial charge in [0.25, 0.3) is 0 Å². The van der Waals surface area contributed by atoms with Gasteiger partial charge in [0.2, 0.25) is 0 Å². The zero-order valence-electron chi connectivity index (χ0n) is 22.7. The van der Waals surface area contributed by atoms with E-state index in [9.17, 15) is 9.90 Å². The molecule has 0 bridgehead atoms. The molecule has 0 aliphatic heterocycles. The van der Waals surface area contributed by atoms with Crippen molar-refractivity contribution in [1.82, 2.24) is 0 Å². The number of esters is 1. The van der Waals surface area contributed by atoms with E-state index in [4.69, 9.17) is 28.4 Å². The molecule has 0 amide bonds. The van der Waals surface area contributed by atoms with Crippen molar-refractivity contribution < 1.29 is 38.3 Å². The Labute approximate surface area is 236 Å². The van der Waals surface area contributed by atoms with Crippen molar-refractivity contribution in [2.75, 3.05) is 35.0 Å². The second kappa shape index (κ2) is 15.1. The minimum atomic E-state index is -0.624. The van der Waals surface area contributed by atoms with Crippen LogP contribution in [0.25, 0.3) is 11.6 Å². The van der Waals surface area contributed by atoms with Crippen molar-refractivity contribution >= 4 is 33.4 Å². The Morgan fingerprint density at radius 2 is 1.54 bits per heavy atom. The third kappa shape index (κ3) is 8.70. The van der Waals surface area contributed by atoms with Crippen molar-refractivity contribution in [2.45, 2.75) is 23.1 Å². The maximum absolute atomic E-state index is 12.6. The van der Waals surface area contributed by atoms with E-state index in [1.54, 1.807) is 63.8 Å². The van der Waals surface area contributed by atoms with Crippen LogP contribution >= 0.6 is 0 Å². The second-order valence-corrected chi connectivity index (χ2v) is 11.4. The van der Waals surface area contributed by atoms with Crippen LogP contribution in [0, 0.1) is 0 Å². The van der Waals surface area contributed by atoms with Gasteiger partial charge in [0.05, 0.1) is 14.2 Å². The van der Waals surface area contributed by atoms with Gasteiger partial charge in [-0.1, -0.05) is 0 Å². The van der Waals surface area contributed by atoms with Crippen LogP contribution in [0.2, 0.25) is 5.21 Å². The molecule has 1 radical (unpaired) electrons. The van der Waals surface area contributed by atoms with Crippen LogP contribution < -0.4 is 23.7 Å². The summed E-state index contributed by atoms with van der Waals surface area (Å²) in [5.41, 5.74) is 1.72. The summed E-state index contributed by atoms with van der Waals surface area (Å²) in [4.78, 5) is 12.6. The first kappa shape index (κ1) is 29.9. The fourth-order valence-corrected chi connectivity index (χ4v) is 5.40. The van der Waals surface area contributed by atoms with E-state index >= 15 is 0 Å². The number of para-hydroxylation sites is 2. The molecule has 207 valence electrons. The molecule has 3 rings (SSSR count). The molecule has 3 aromatic carbocycles. The summed E-state index contributed by atoms with van der Waals surface area (Å²) in [5, 5.41) is 11.1. The third-order valence-electron chi connectivity index (χ3n) is 5.69. The Morgan fingerprint density at radius 1 is 0.872 bits per heavy atom. The van der Waals surface area contributed by atoms with Gasteiger partial charge in [-0.2, -0.15) is 0 Å². The molecule has 0 aliphatic carbocycles. The molecule has 2 atom stereocenters. The molecular formula is C30H34AsO8. The molecule has 8 nitrogen and oxygen atoms in total. The number of methoxy groups -OCH3 is 4. The number of hydrogen-bond acceptors (Lipinski definition) is 8. The van der Waals surface area contributed by atoms with E-state index in [-0.39, 0.29) is 27.3 Å². The Morgan fingerprint density at radius 3 is 2.18 bits per heavy atom. The van der Waals surface area contributed by atoms with Gasteiger partial charge in [0.1, 0.15) is 5.75 Å². The van der Waals surface area contributed by atoms with Crippen LogP contribution in [-0.4, -0.2) is 72.9 Å². The molecule has 1 N–H and O–H groups in total. The predicted octanol–water partition coefficient (Wildman–Crippen LogP) is 4.71. The van der Waals surface area contributed by atoms with Crippen molar-refractivity contribution in [3.8, 4) is 28.7 Å². The number of ether oxygens (including phenoxy) is 6. The summed E-state index contributed by atoms with van der Waals surface area (Å²) in [6, 6.07) is 19.9. The molecule has 0 saturated carbocycles. The molecule has 0 heterocycles. The fourth-order valence-electron chi connectivity index (χ4n) is 3.65. The van der Waals surface area contributed by atoms with Gasteiger partial charge >= 0.3 is 195 Å². The average molecular weight is 598 g/mol. The molecule has 0 fully saturated rings. The monoisotopic (exact) mass is 597 g/mol. The van der Waals surface area contributed by atoms with Crippen molar-refractivity contribution in [3.63, 3.8) is 0 Å². The molecule has 0 spiro atoms. The van der Waals surface area contributed by atoms with Crippen molar-refractivity contribution in [1.29, 1.82) is 0 Å². The van der Waals surface area contributed by atoms with Gasteiger partial charge in [0, 0.05) is 6.07 Å². The number of aliphatic hydroxyl groups excluding tert-OH is 1. The molecule has 0 saturated heterocycles. The van der Waals surface area contributed by atoms with Crippen LogP contribution in [0.3, 0.4) is 0 Å². The van der Waals surface area contributed by atoms with Gasteiger partial charge in [-0.25, -0.2) is 0 Å². The van der Waals surface area contributed by atoms with E-state index in [2.05, 4.69) is 0 Å². The number of hydrogen-bond donors (Lipinski definition) is 1. The standard InChI is InChI=1S/C30H34AsO8/c1-20(39-28-9-7-6-8-27(28)35-3)31-18-23(32)19-38-24-13-10-21(11-14-24)26(30(33)37-5)16-22-12-15-25(34-2)17-29(22)36-4/h6-17,20,23,32H,18-19H2,1-5H3. The van der Waals surface area contributed by atoms with E-state index in [0.717, 1.165) is 0 Å². The van der Waals surface area contributed by atoms with E-state index in [0.29, 0.717) is 50.7 Å². The molecule has 3 aromatic rings. The Hall–Kier alpha value is -3.61. The Bertz CT molecular complexity index is 1240. The van der Waals surface area contributed by atoms with E-state index < -0.39 is 12.1 Å². The van der Waals surface area contributed by atoms with Gasteiger partial charge in [0.15, 0.2) is 0 Å². The van der Waals surface area contributed by atoms with E-state index in [1.165, 1.54) is 7.11 Å². The van der Waals surface area contributed by atoms with Gasteiger partial charge in [-0.15, -0.1) is 0 Å². The SMILES string of the molecule is COC(=O)C(=Cc1ccc(OC)cc1OC)c1ccc(OCC(O)C[As]C(C)Oc2ccccc2OC)cc1. The molecule has 0 aromatic heterocycles. The summed E-state index contributed by atoms with van der Waals surface area (Å²) in [6.45, 7) is 2.14. The van der Waals surface area contributed by atoms with Gasteiger partial charge in [-0.3, -0.25) is 0 Å². The zero-order valence-corrected chi connectivity index (χ0v) is 24.6. The van der Waals surface area contributed by atoms with Crippen LogP contribution in [-0.2, 0) is 9.53 Å². The van der Waals surface area contributed by atoms with Crippen LogP contribution in [0.4, 0.5) is 0 Å². The minimum absolute atomic E-state index is 0.0145. The average Bonchev–Trinajstić information content (AvgIpc) is 2.97.